The van der Waals surface area contributed by atoms with E-state index in [0.717, 1.165) is 11.4 Å². The van der Waals surface area contributed by atoms with Gasteiger partial charge < -0.3 is 10.2 Å². The number of likely N-dealkylation sites (N-methyl/N-ethyl adjacent to an activating group) is 2. The van der Waals surface area contributed by atoms with Gasteiger partial charge >= 0.3 is 0 Å². The summed E-state index contributed by atoms with van der Waals surface area (Å²) in [6, 6.07) is 6.90. The first-order valence-corrected chi connectivity index (χ1v) is 7.78. The maximum Gasteiger partial charge on any atom is 0.246 e. The molecule has 2 rings (SSSR count). The maximum atomic E-state index is 12.7. The van der Waals surface area contributed by atoms with Crippen molar-refractivity contribution in [2.45, 2.75) is 39.8 Å². The van der Waals surface area contributed by atoms with Gasteiger partial charge in [-0.05, 0) is 33.0 Å². The highest BCUT2D eigenvalue weighted by molar-refractivity contribution is 6.06. The second-order valence-electron chi connectivity index (χ2n) is 5.21. The summed E-state index contributed by atoms with van der Waals surface area (Å²) in [5.74, 6) is -0.0837. The molecule has 0 saturated heterocycles. The number of amides is 1. The van der Waals surface area contributed by atoms with Gasteiger partial charge in [0.05, 0.1) is 17.4 Å². The van der Waals surface area contributed by atoms with Crippen LogP contribution < -0.4 is 15.1 Å². The fourth-order valence-corrected chi connectivity index (χ4v) is 2.52. The molecule has 1 aromatic carbocycles. The maximum absolute atomic E-state index is 12.7. The quantitative estimate of drug-likeness (QED) is 0.929. The largest absolute Gasteiger partial charge is 0.371 e. The molecule has 122 valence electrons. The Morgan fingerprint density at radius 1 is 1.27 bits per heavy atom. The predicted molar refractivity (Wildman–Crippen MR) is 91.5 cm³/mol. The summed E-state index contributed by atoms with van der Waals surface area (Å²) >= 11 is 0. The second kappa shape index (κ2) is 7.94. The highest BCUT2D eigenvalue weighted by Crippen LogP contribution is 2.33. The summed E-state index contributed by atoms with van der Waals surface area (Å²) in [6.07, 6.45) is 0. The molecule has 1 amide bonds. The van der Waals surface area contributed by atoms with E-state index in [1.807, 2.05) is 50.1 Å². The zero-order chi connectivity index (χ0) is 16.9. The number of ketones is 1. The number of para-hydroxylation sites is 2. The summed E-state index contributed by atoms with van der Waals surface area (Å²) < 4.78 is 0. The number of carbonyl (C=O) groups excluding carboxylic acids is 2. The third-order valence-electron chi connectivity index (χ3n) is 3.87. The van der Waals surface area contributed by atoms with Crippen LogP contribution in [-0.2, 0) is 9.59 Å². The minimum Gasteiger partial charge on any atom is -0.371 e. The van der Waals surface area contributed by atoms with E-state index < -0.39 is 6.04 Å². The van der Waals surface area contributed by atoms with E-state index in [2.05, 4.69) is 5.32 Å². The average molecular weight is 305 g/mol. The molecular formula is C17H27N3O2. The second-order valence-corrected chi connectivity index (χ2v) is 5.21. The summed E-state index contributed by atoms with van der Waals surface area (Å²) in [7, 11) is 3.72. The molecule has 0 bridgehead atoms. The molecule has 0 fully saturated rings. The van der Waals surface area contributed by atoms with E-state index in [1.54, 1.807) is 18.9 Å². The molecule has 2 atom stereocenters. The minimum atomic E-state index is -0.467. The van der Waals surface area contributed by atoms with Crippen LogP contribution in [0.25, 0.3) is 0 Å². The number of anilines is 2. The van der Waals surface area contributed by atoms with Crippen molar-refractivity contribution in [2.24, 2.45) is 0 Å². The molecule has 1 aliphatic rings. The Kier molecular flexibility index (Phi) is 6.56. The lowest BCUT2D eigenvalue weighted by atomic mass is 10.1. The van der Waals surface area contributed by atoms with E-state index >= 15 is 0 Å². The Balaban J connectivity index is 0.00000116. The Morgan fingerprint density at radius 3 is 2.32 bits per heavy atom. The van der Waals surface area contributed by atoms with Crippen molar-refractivity contribution in [3.63, 3.8) is 0 Å². The van der Waals surface area contributed by atoms with Gasteiger partial charge in [-0.15, -0.1) is 0 Å². The van der Waals surface area contributed by atoms with Crippen molar-refractivity contribution in [1.82, 2.24) is 5.32 Å². The monoisotopic (exact) mass is 305 g/mol. The predicted octanol–water partition coefficient (Wildman–Crippen LogP) is 2.06. The van der Waals surface area contributed by atoms with Gasteiger partial charge in [-0.2, -0.15) is 0 Å². The summed E-state index contributed by atoms with van der Waals surface area (Å²) in [5.41, 5.74) is 1.76. The van der Waals surface area contributed by atoms with E-state index in [9.17, 15) is 9.59 Å². The van der Waals surface area contributed by atoms with Gasteiger partial charge in [0.1, 0.15) is 6.04 Å². The van der Waals surface area contributed by atoms with Gasteiger partial charge in [0.25, 0.3) is 0 Å². The number of hydrogen-bond donors (Lipinski definition) is 1. The molecule has 1 aliphatic heterocycles. The summed E-state index contributed by atoms with van der Waals surface area (Å²) in [6.45, 7) is 7.87. The Hall–Kier alpha value is -1.88. The smallest absolute Gasteiger partial charge is 0.246 e. The van der Waals surface area contributed by atoms with Crippen molar-refractivity contribution in [3.05, 3.63) is 24.3 Å². The standard InChI is InChI=1S/C15H21N3O2.C2H6/c1-10(11(2)19)18-14-8-6-5-7-13(14)17(4)9-12(16-3)15(18)20;1-2/h5-8,10,12,16H,9H2,1-4H3;1-2H3. The van der Waals surface area contributed by atoms with Gasteiger partial charge in [-0.25, -0.2) is 0 Å². The summed E-state index contributed by atoms with van der Waals surface area (Å²) in [5, 5.41) is 3.04. The molecule has 1 N–H and O–H groups in total. The van der Waals surface area contributed by atoms with E-state index in [0.29, 0.717) is 6.54 Å². The van der Waals surface area contributed by atoms with Gasteiger partial charge in [0.2, 0.25) is 5.91 Å². The molecule has 0 aromatic heterocycles. The number of Topliss-reactive ketones (excluding diaryl/α,β-unsaturated/α-hetero) is 1. The zero-order valence-corrected chi connectivity index (χ0v) is 14.4. The number of benzene rings is 1. The van der Waals surface area contributed by atoms with Crippen LogP contribution in [0.1, 0.15) is 27.7 Å². The van der Waals surface area contributed by atoms with Crippen LogP contribution in [0.4, 0.5) is 11.4 Å². The van der Waals surface area contributed by atoms with E-state index in [4.69, 9.17) is 0 Å². The first kappa shape index (κ1) is 18.2. The SMILES string of the molecule is CC.CNC1CN(C)c2ccccc2N(C(C)C(C)=O)C1=O. The molecule has 0 aliphatic carbocycles. The van der Waals surface area contributed by atoms with Gasteiger partial charge in [0.15, 0.2) is 5.78 Å². The molecule has 0 saturated carbocycles. The number of nitrogens with one attached hydrogen (secondary N) is 1. The normalized spacial score (nSPS) is 18.8. The average Bonchev–Trinajstić information content (AvgIpc) is 2.64. The minimum absolute atomic E-state index is 0.0208. The van der Waals surface area contributed by atoms with Crippen molar-refractivity contribution in [2.75, 3.05) is 30.4 Å². The van der Waals surface area contributed by atoms with Crippen LogP contribution in [0, 0.1) is 0 Å². The fraction of sp³-hybridized carbons (Fsp3) is 0.529. The van der Waals surface area contributed by atoms with Crippen LogP contribution >= 0.6 is 0 Å². The van der Waals surface area contributed by atoms with Crippen molar-refractivity contribution >= 4 is 23.1 Å². The lowest BCUT2D eigenvalue weighted by Crippen LogP contribution is -2.52. The number of rotatable bonds is 3. The summed E-state index contributed by atoms with van der Waals surface area (Å²) in [4.78, 5) is 28.1. The lowest BCUT2D eigenvalue weighted by Gasteiger charge is -2.29. The molecular weight excluding hydrogens is 278 g/mol. The number of hydrogen-bond acceptors (Lipinski definition) is 4. The molecule has 0 spiro atoms. The van der Waals surface area contributed by atoms with Crippen LogP contribution in [0.3, 0.4) is 0 Å². The molecule has 0 radical (unpaired) electrons. The van der Waals surface area contributed by atoms with Crippen LogP contribution in [-0.4, -0.2) is 44.4 Å². The number of carbonyl (C=O) groups is 2. The third kappa shape index (κ3) is 3.47. The molecule has 5 nitrogen and oxygen atoms in total. The van der Waals surface area contributed by atoms with Crippen molar-refractivity contribution in [1.29, 1.82) is 0 Å². The highest BCUT2D eigenvalue weighted by Gasteiger charge is 2.35. The first-order chi connectivity index (χ1) is 10.5. The topological polar surface area (TPSA) is 52.6 Å². The molecule has 2 unspecified atom stereocenters. The van der Waals surface area contributed by atoms with Crippen LogP contribution in [0.5, 0.6) is 0 Å². The third-order valence-corrected chi connectivity index (χ3v) is 3.87. The lowest BCUT2D eigenvalue weighted by molar-refractivity contribution is -0.124. The Bertz CT molecular complexity index is 530. The van der Waals surface area contributed by atoms with Crippen LogP contribution in [0.2, 0.25) is 0 Å². The molecule has 5 heteroatoms. The van der Waals surface area contributed by atoms with Gasteiger partial charge in [0, 0.05) is 13.6 Å². The zero-order valence-electron chi connectivity index (χ0n) is 14.4. The molecule has 1 aromatic rings. The molecule has 22 heavy (non-hydrogen) atoms. The fourth-order valence-electron chi connectivity index (χ4n) is 2.52. The number of fused-ring (bicyclic) bond motifs is 1. The van der Waals surface area contributed by atoms with Gasteiger partial charge in [-0.1, -0.05) is 26.0 Å². The van der Waals surface area contributed by atoms with Gasteiger partial charge in [-0.3, -0.25) is 14.5 Å². The van der Waals surface area contributed by atoms with E-state index in [1.165, 1.54) is 6.92 Å². The highest BCUT2D eigenvalue weighted by atomic mass is 16.2. The van der Waals surface area contributed by atoms with Crippen molar-refractivity contribution < 1.29 is 9.59 Å². The van der Waals surface area contributed by atoms with Crippen LogP contribution in [0.15, 0.2) is 24.3 Å². The van der Waals surface area contributed by atoms with Crippen molar-refractivity contribution in [3.8, 4) is 0 Å². The van der Waals surface area contributed by atoms with E-state index in [-0.39, 0.29) is 17.7 Å². The Labute approximate surface area is 133 Å². The number of nitrogens with zero attached hydrogens (tertiary/aromatic N) is 2. The Morgan fingerprint density at radius 2 is 1.82 bits per heavy atom. The molecule has 1 heterocycles. The first-order valence-electron chi connectivity index (χ1n) is 7.78.